The summed E-state index contributed by atoms with van der Waals surface area (Å²) in [6, 6.07) is -0.0432. The van der Waals surface area contributed by atoms with Crippen LogP contribution in [0.4, 0.5) is 0 Å². The summed E-state index contributed by atoms with van der Waals surface area (Å²) in [6.07, 6.45) is 0.347. The molecular formula is C5H12NNaO4S2. The topological polar surface area (TPSA) is 72.5 Å². The SMILES string of the molecule is CC(CCS(=O)(=O)OC=O)NS.[NaH]. The third-order valence-corrected chi connectivity index (χ3v) is 2.76. The van der Waals surface area contributed by atoms with Crippen LogP contribution in [0.15, 0.2) is 0 Å². The number of hydrogen-bond acceptors (Lipinski definition) is 6. The van der Waals surface area contributed by atoms with Gasteiger partial charge in [0, 0.05) is 6.04 Å². The molecule has 0 aromatic rings. The summed E-state index contributed by atoms with van der Waals surface area (Å²) in [4.78, 5) is 9.70. The van der Waals surface area contributed by atoms with E-state index in [1.165, 1.54) is 0 Å². The van der Waals surface area contributed by atoms with Crippen molar-refractivity contribution in [2.45, 2.75) is 19.4 Å². The second-order valence-electron chi connectivity index (χ2n) is 2.27. The van der Waals surface area contributed by atoms with E-state index in [4.69, 9.17) is 0 Å². The Morgan fingerprint density at radius 1 is 1.62 bits per heavy atom. The van der Waals surface area contributed by atoms with Gasteiger partial charge >= 0.3 is 46.1 Å². The quantitative estimate of drug-likeness (QED) is 0.270. The Morgan fingerprint density at radius 3 is 2.54 bits per heavy atom. The maximum absolute atomic E-state index is 10.7. The molecule has 13 heavy (non-hydrogen) atoms. The molecule has 0 aliphatic carbocycles. The predicted octanol–water partition coefficient (Wildman–Crippen LogP) is -0.946. The fourth-order valence-corrected chi connectivity index (χ4v) is 1.48. The summed E-state index contributed by atoms with van der Waals surface area (Å²) in [7, 11) is -3.68. The van der Waals surface area contributed by atoms with Crippen molar-refractivity contribution in [2.75, 3.05) is 5.75 Å². The van der Waals surface area contributed by atoms with Gasteiger partial charge in [0.1, 0.15) is 0 Å². The first-order valence-corrected chi connectivity index (χ1v) is 5.28. The van der Waals surface area contributed by atoms with Gasteiger partial charge in [0.25, 0.3) is 0 Å². The van der Waals surface area contributed by atoms with Crippen LogP contribution in [0.1, 0.15) is 13.3 Å². The number of hydrogen-bond donors (Lipinski definition) is 2. The average molecular weight is 237 g/mol. The molecule has 0 rings (SSSR count). The van der Waals surface area contributed by atoms with Crippen molar-refractivity contribution in [1.82, 2.24) is 4.72 Å². The molecule has 0 aromatic heterocycles. The number of nitrogens with one attached hydrogen (secondary N) is 1. The van der Waals surface area contributed by atoms with Crippen molar-refractivity contribution in [3.05, 3.63) is 0 Å². The number of carbonyl (C=O) groups is 1. The van der Waals surface area contributed by atoms with Gasteiger partial charge in [-0.3, -0.25) is 9.52 Å². The maximum atomic E-state index is 10.7. The fraction of sp³-hybridized carbons (Fsp3) is 0.800. The van der Waals surface area contributed by atoms with E-state index in [9.17, 15) is 13.2 Å². The number of thiol groups is 1. The Kier molecular flexibility index (Phi) is 10.0. The van der Waals surface area contributed by atoms with Crippen molar-refractivity contribution < 1.29 is 17.4 Å². The molecule has 5 nitrogen and oxygen atoms in total. The van der Waals surface area contributed by atoms with Crippen molar-refractivity contribution in [3.63, 3.8) is 0 Å². The molecule has 0 bridgehead atoms. The summed E-state index contributed by atoms with van der Waals surface area (Å²) >= 11 is 3.74. The molecule has 0 saturated heterocycles. The molecule has 0 fully saturated rings. The van der Waals surface area contributed by atoms with Crippen molar-refractivity contribution in [2.24, 2.45) is 0 Å². The summed E-state index contributed by atoms with van der Waals surface area (Å²) in [6.45, 7) is 1.68. The first-order valence-electron chi connectivity index (χ1n) is 3.26. The summed E-state index contributed by atoms with van der Waals surface area (Å²) in [5, 5.41) is 0. The van der Waals surface area contributed by atoms with E-state index in [0.717, 1.165) is 0 Å². The van der Waals surface area contributed by atoms with Gasteiger partial charge in [-0.25, -0.2) is 0 Å². The Morgan fingerprint density at radius 2 is 2.15 bits per heavy atom. The van der Waals surface area contributed by atoms with E-state index in [1.54, 1.807) is 6.92 Å². The fourth-order valence-electron chi connectivity index (χ4n) is 0.494. The Bertz CT molecular complexity index is 231. The molecule has 0 aliphatic heterocycles. The van der Waals surface area contributed by atoms with Gasteiger partial charge < -0.3 is 4.18 Å². The van der Waals surface area contributed by atoms with Crippen LogP contribution in [0.5, 0.6) is 0 Å². The monoisotopic (exact) mass is 237 g/mol. The standard InChI is InChI=1S/C5H11NO4S2.Na.H/c1-5(6-11)2-3-12(8,9)10-4-7;;/h4-6,11H,2-3H2,1H3;;. The van der Waals surface area contributed by atoms with Crippen molar-refractivity contribution in [1.29, 1.82) is 0 Å². The van der Waals surface area contributed by atoms with Crippen LogP contribution in [0.3, 0.4) is 0 Å². The van der Waals surface area contributed by atoms with Crippen LogP contribution in [-0.2, 0) is 19.1 Å². The summed E-state index contributed by atoms with van der Waals surface area (Å²) < 4.78 is 27.9. The molecule has 0 aliphatic rings. The molecule has 8 heteroatoms. The zero-order valence-corrected chi connectivity index (χ0v) is 8.27. The first-order chi connectivity index (χ1) is 5.52. The van der Waals surface area contributed by atoms with E-state index < -0.39 is 10.1 Å². The minimum absolute atomic E-state index is 0. The Labute approximate surface area is 106 Å². The third-order valence-electron chi connectivity index (χ3n) is 1.21. The second kappa shape index (κ2) is 8.07. The summed E-state index contributed by atoms with van der Waals surface area (Å²) in [5.74, 6) is -0.194. The third kappa shape index (κ3) is 9.04. The van der Waals surface area contributed by atoms with Gasteiger partial charge in [-0.2, -0.15) is 8.42 Å². The van der Waals surface area contributed by atoms with Gasteiger partial charge in [-0.1, -0.05) is 12.8 Å². The molecule has 1 N–H and O–H groups in total. The van der Waals surface area contributed by atoms with E-state index in [2.05, 4.69) is 21.7 Å². The van der Waals surface area contributed by atoms with E-state index in [-0.39, 0.29) is 47.8 Å². The normalized spacial score (nSPS) is 12.8. The van der Waals surface area contributed by atoms with Gasteiger partial charge in [-0.15, -0.1) is 0 Å². The van der Waals surface area contributed by atoms with Crippen LogP contribution in [0, 0.1) is 0 Å². The molecule has 0 saturated carbocycles. The molecule has 0 spiro atoms. The van der Waals surface area contributed by atoms with Crippen LogP contribution >= 0.6 is 12.8 Å². The zero-order valence-electron chi connectivity index (χ0n) is 6.56. The number of rotatable bonds is 6. The van der Waals surface area contributed by atoms with Gasteiger partial charge in [0.2, 0.25) is 0 Å². The van der Waals surface area contributed by atoms with E-state index >= 15 is 0 Å². The van der Waals surface area contributed by atoms with Crippen LogP contribution < -0.4 is 4.72 Å². The number of carbonyl (C=O) groups excluding carboxylic acids is 1. The van der Waals surface area contributed by atoms with E-state index in [0.29, 0.717) is 6.42 Å². The van der Waals surface area contributed by atoms with Gasteiger partial charge in [-0.05, 0) is 13.3 Å². The van der Waals surface area contributed by atoms with Gasteiger partial charge in [0.15, 0.2) is 0 Å². The molecule has 0 aromatic carbocycles. The predicted molar refractivity (Wildman–Crippen MR) is 54.3 cm³/mol. The minimum atomic E-state index is -3.68. The van der Waals surface area contributed by atoms with Crippen LogP contribution in [0.2, 0.25) is 0 Å². The first kappa shape index (κ1) is 16.2. The molecule has 1 atom stereocenters. The van der Waals surface area contributed by atoms with Crippen LogP contribution in [-0.4, -0.2) is 56.2 Å². The molecular weight excluding hydrogens is 225 g/mol. The average Bonchev–Trinajstić information content (AvgIpc) is 2.00. The molecule has 74 valence electrons. The van der Waals surface area contributed by atoms with Crippen LogP contribution in [0.25, 0.3) is 0 Å². The zero-order chi connectivity index (χ0) is 9.61. The van der Waals surface area contributed by atoms with Crippen molar-refractivity contribution >= 4 is 59.0 Å². The molecule has 0 heterocycles. The molecule has 0 amide bonds. The van der Waals surface area contributed by atoms with Gasteiger partial charge in [0.05, 0.1) is 5.75 Å². The Hall–Kier alpha value is 0.730. The second-order valence-corrected chi connectivity index (χ2v) is 4.25. The molecule has 0 radical (unpaired) electrons. The molecule has 1 unspecified atom stereocenters. The summed E-state index contributed by atoms with van der Waals surface area (Å²) in [5.41, 5.74) is 0. The van der Waals surface area contributed by atoms with Crippen molar-refractivity contribution in [3.8, 4) is 0 Å². The van der Waals surface area contributed by atoms with E-state index in [1.807, 2.05) is 0 Å². The Balaban J connectivity index is 0.